The van der Waals surface area contributed by atoms with Gasteiger partial charge in [0.25, 0.3) is 0 Å². The van der Waals surface area contributed by atoms with Crippen LogP contribution in [-0.2, 0) is 0 Å². The molecule has 0 saturated heterocycles. The van der Waals surface area contributed by atoms with Crippen molar-refractivity contribution >= 4 is 39.0 Å². The van der Waals surface area contributed by atoms with Crippen molar-refractivity contribution in [3.05, 3.63) is 47.0 Å². The van der Waals surface area contributed by atoms with Crippen LogP contribution in [0.25, 0.3) is 10.2 Å². The van der Waals surface area contributed by atoms with Gasteiger partial charge in [-0.3, -0.25) is 0 Å². The molecule has 0 aliphatic heterocycles. The lowest BCUT2D eigenvalue weighted by molar-refractivity contribution is 0.577. The van der Waals surface area contributed by atoms with Gasteiger partial charge in [0.1, 0.15) is 11.6 Å². The van der Waals surface area contributed by atoms with Crippen molar-refractivity contribution in [2.75, 3.05) is 5.73 Å². The van der Waals surface area contributed by atoms with Crippen LogP contribution in [0.5, 0.6) is 0 Å². The van der Waals surface area contributed by atoms with Crippen molar-refractivity contribution < 1.29 is 8.78 Å². The Morgan fingerprint density at radius 2 is 1.95 bits per heavy atom. The van der Waals surface area contributed by atoms with Crippen molar-refractivity contribution in [2.45, 2.75) is 16.7 Å². The fraction of sp³-hybridized carbons (Fsp3) is 0.0714. The summed E-state index contributed by atoms with van der Waals surface area (Å²) in [5.74, 6) is -0.941. The van der Waals surface area contributed by atoms with Gasteiger partial charge in [0.2, 0.25) is 0 Å². The molecule has 0 amide bonds. The summed E-state index contributed by atoms with van der Waals surface area (Å²) in [7, 11) is 0. The van der Waals surface area contributed by atoms with Crippen LogP contribution in [0.4, 0.5) is 14.5 Å². The number of aryl methyl sites for hydroxylation is 1. The minimum atomic E-state index is -0.474. The van der Waals surface area contributed by atoms with Crippen LogP contribution in [-0.4, -0.2) is 4.98 Å². The Hall–Kier alpha value is -1.66. The summed E-state index contributed by atoms with van der Waals surface area (Å²) in [5, 5.41) is 0.943. The molecule has 0 atom stereocenters. The van der Waals surface area contributed by atoms with Gasteiger partial charge in [-0.2, -0.15) is 0 Å². The molecule has 0 aliphatic rings. The summed E-state index contributed by atoms with van der Waals surface area (Å²) in [6, 6.07) is 6.99. The summed E-state index contributed by atoms with van der Waals surface area (Å²) < 4.78 is 27.8. The van der Waals surface area contributed by atoms with Crippen LogP contribution in [0.1, 0.15) is 5.01 Å². The zero-order valence-corrected chi connectivity index (χ0v) is 12.1. The second-order valence-corrected chi connectivity index (χ2v) is 6.59. The Bertz CT molecular complexity index is 799. The lowest BCUT2D eigenvalue weighted by atomic mass is 10.3. The number of nitrogens with two attached hydrogens (primary N) is 1. The second-order valence-electron chi connectivity index (χ2n) is 4.27. The van der Waals surface area contributed by atoms with E-state index in [1.807, 2.05) is 19.1 Å². The maximum atomic E-state index is 13.7. The van der Waals surface area contributed by atoms with Crippen molar-refractivity contribution in [3.8, 4) is 0 Å². The molecule has 0 radical (unpaired) electrons. The number of nitrogens with zero attached hydrogens (tertiary/aromatic N) is 1. The Morgan fingerprint density at radius 3 is 2.75 bits per heavy atom. The van der Waals surface area contributed by atoms with Crippen LogP contribution < -0.4 is 5.73 Å². The summed E-state index contributed by atoms with van der Waals surface area (Å²) >= 11 is 2.66. The topological polar surface area (TPSA) is 38.9 Å². The molecule has 1 aromatic heterocycles. The van der Waals surface area contributed by atoms with Crippen LogP contribution in [0.15, 0.2) is 40.1 Å². The van der Waals surface area contributed by atoms with Gasteiger partial charge < -0.3 is 5.73 Å². The van der Waals surface area contributed by atoms with Crippen LogP contribution >= 0.6 is 23.1 Å². The monoisotopic (exact) mass is 308 g/mol. The highest BCUT2D eigenvalue weighted by Crippen LogP contribution is 2.37. The maximum Gasteiger partial charge on any atom is 0.137 e. The number of hydrogen-bond acceptors (Lipinski definition) is 4. The molecule has 0 bridgehead atoms. The Kier molecular flexibility index (Phi) is 3.35. The lowest BCUT2D eigenvalue weighted by Gasteiger charge is -2.06. The van der Waals surface area contributed by atoms with Crippen molar-refractivity contribution in [2.24, 2.45) is 0 Å². The summed E-state index contributed by atoms with van der Waals surface area (Å²) in [6.45, 7) is 1.92. The molecular weight excluding hydrogens is 298 g/mol. The highest BCUT2D eigenvalue weighted by Gasteiger charge is 2.11. The number of halogens is 2. The van der Waals surface area contributed by atoms with Gasteiger partial charge in [0.05, 0.1) is 20.1 Å². The number of thiazole rings is 1. The lowest BCUT2D eigenvalue weighted by Crippen LogP contribution is -1.90. The summed E-state index contributed by atoms with van der Waals surface area (Å²) in [6.07, 6.45) is 0. The maximum absolute atomic E-state index is 13.7. The van der Waals surface area contributed by atoms with Crippen LogP contribution in [0, 0.1) is 18.6 Å². The van der Waals surface area contributed by atoms with E-state index in [4.69, 9.17) is 5.73 Å². The Labute approximate surface area is 122 Å². The number of nitrogen functional groups attached to an aromatic ring is 1. The molecule has 20 heavy (non-hydrogen) atoms. The fourth-order valence-corrected chi connectivity index (χ4v) is 3.63. The van der Waals surface area contributed by atoms with Crippen molar-refractivity contribution in [1.82, 2.24) is 4.98 Å². The van der Waals surface area contributed by atoms with E-state index < -0.39 is 11.6 Å². The third kappa shape index (κ3) is 2.48. The zero-order valence-electron chi connectivity index (χ0n) is 10.5. The molecule has 0 spiro atoms. The predicted octanol–water partition coefficient (Wildman–Crippen LogP) is 4.62. The largest absolute Gasteiger partial charge is 0.398 e. The fourth-order valence-electron chi connectivity index (χ4n) is 1.85. The van der Waals surface area contributed by atoms with E-state index in [0.29, 0.717) is 10.6 Å². The van der Waals surface area contributed by atoms with Gasteiger partial charge in [0.15, 0.2) is 0 Å². The van der Waals surface area contributed by atoms with Crippen LogP contribution in [0.3, 0.4) is 0 Å². The number of rotatable bonds is 2. The molecule has 0 aliphatic carbocycles. The summed E-state index contributed by atoms with van der Waals surface area (Å²) in [4.78, 5) is 5.26. The normalized spacial score (nSPS) is 11.2. The number of hydrogen-bond donors (Lipinski definition) is 1. The minimum absolute atomic E-state index is 0.211. The average Bonchev–Trinajstić information content (AvgIpc) is 2.73. The van der Waals surface area contributed by atoms with Gasteiger partial charge >= 0.3 is 0 Å². The van der Waals surface area contributed by atoms with Gasteiger partial charge in [0, 0.05) is 10.6 Å². The van der Waals surface area contributed by atoms with E-state index in [9.17, 15) is 8.78 Å². The Balaban J connectivity index is 2.05. The third-order valence-electron chi connectivity index (χ3n) is 2.74. The first-order valence-electron chi connectivity index (χ1n) is 5.82. The predicted molar refractivity (Wildman–Crippen MR) is 79.3 cm³/mol. The number of benzene rings is 2. The smallest absolute Gasteiger partial charge is 0.137 e. The van der Waals surface area contributed by atoms with E-state index in [1.165, 1.54) is 0 Å². The SMILES string of the molecule is Cc1nc2cc(Sc3cc(F)ccc3F)c(N)cc2s1. The zero-order chi connectivity index (χ0) is 14.3. The van der Waals surface area contributed by atoms with Gasteiger partial charge in [-0.15, -0.1) is 11.3 Å². The minimum Gasteiger partial charge on any atom is -0.398 e. The van der Waals surface area contributed by atoms with Crippen molar-refractivity contribution in [3.63, 3.8) is 0 Å². The first kappa shape index (κ1) is 13.3. The molecule has 6 heteroatoms. The highest BCUT2D eigenvalue weighted by atomic mass is 32.2. The third-order valence-corrected chi connectivity index (χ3v) is 4.78. The second kappa shape index (κ2) is 5.03. The number of fused-ring (bicyclic) bond motifs is 1. The molecule has 0 fully saturated rings. The highest BCUT2D eigenvalue weighted by molar-refractivity contribution is 7.99. The van der Waals surface area contributed by atoms with E-state index in [0.717, 1.165) is 45.2 Å². The molecule has 3 rings (SSSR count). The first-order chi connectivity index (χ1) is 9.52. The molecule has 102 valence electrons. The molecule has 2 aromatic carbocycles. The molecule has 1 heterocycles. The molecule has 2 nitrogen and oxygen atoms in total. The quantitative estimate of drug-likeness (QED) is 0.702. The van der Waals surface area contributed by atoms with Crippen molar-refractivity contribution in [1.29, 1.82) is 0 Å². The molecular formula is C14H10F2N2S2. The molecule has 0 saturated carbocycles. The van der Waals surface area contributed by atoms with E-state index in [-0.39, 0.29) is 4.90 Å². The van der Waals surface area contributed by atoms with Gasteiger partial charge in [-0.1, -0.05) is 11.8 Å². The van der Waals surface area contributed by atoms with E-state index in [1.54, 1.807) is 11.3 Å². The first-order valence-corrected chi connectivity index (χ1v) is 7.46. The van der Waals surface area contributed by atoms with E-state index in [2.05, 4.69) is 4.98 Å². The molecule has 0 unspecified atom stereocenters. The van der Waals surface area contributed by atoms with E-state index >= 15 is 0 Å². The standard InChI is InChI=1S/C14H10F2N2S2/c1-7-18-11-6-13(10(17)5-14(11)19-7)20-12-4-8(15)2-3-9(12)16/h2-6H,17H2,1H3. The summed E-state index contributed by atoms with van der Waals surface area (Å²) in [5.41, 5.74) is 7.33. The van der Waals surface area contributed by atoms with Crippen LogP contribution in [0.2, 0.25) is 0 Å². The van der Waals surface area contributed by atoms with Gasteiger partial charge in [-0.05, 0) is 37.3 Å². The molecule has 3 aromatic rings. The van der Waals surface area contributed by atoms with Gasteiger partial charge in [-0.25, -0.2) is 13.8 Å². The average molecular weight is 308 g/mol. The molecule has 2 N–H and O–H groups in total. The number of aromatic nitrogens is 1. The Morgan fingerprint density at radius 1 is 1.15 bits per heavy atom. The number of anilines is 1.